The summed E-state index contributed by atoms with van der Waals surface area (Å²) in [5.74, 6) is 6.81. The van der Waals surface area contributed by atoms with Gasteiger partial charge in [0.25, 0.3) is 5.91 Å². The Morgan fingerprint density at radius 3 is 1.78 bits per heavy atom. The molecule has 0 aliphatic heterocycles. The van der Waals surface area contributed by atoms with Gasteiger partial charge in [-0.25, -0.2) is 5.84 Å². The highest BCUT2D eigenvalue weighted by Gasteiger charge is 2.47. The van der Waals surface area contributed by atoms with E-state index in [9.17, 15) is 31.2 Å². The Kier molecular flexibility index (Phi) is 15.7. The van der Waals surface area contributed by atoms with Crippen LogP contribution in [0.4, 0.5) is 13.2 Å². The number of carbonyl (C=O) groups is 2. The molecule has 0 atom stereocenters. The summed E-state index contributed by atoms with van der Waals surface area (Å²) in [4.78, 5) is 29.3. The van der Waals surface area contributed by atoms with Crippen LogP contribution in [0.2, 0.25) is 10.0 Å². The number of aromatic nitrogens is 5. The minimum atomic E-state index is -5.34. The fourth-order valence-electron chi connectivity index (χ4n) is 7.69. The normalized spacial score (nSPS) is 14.7. The standard InChI is InChI=1S/C21H19ClN4.C12H14ClNO.C9H9N3O.C2H3F3O3S.CH4/c1-26-19(15-3-8-18-14(13-15)9-12-23-18)24-25-20(26)21(10-2-11-21)16-4-6-17(22)7-5-16;1-14-11(15)12(7-2-8-12)9-3-5-10(13)6-4-9;10-12-9(13)7-1-2-8-6(5-7)3-4-11-8;1-8-9(6,7)2(3,4)5;/h3-9,12-13,23H,2,10-11H2,1H3;3-6H,2,7-8H2,1H3,(H,14,15);1-5,11H,10H2,(H,12,13);1H3;1H4. The number of hydrogen-bond donors (Lipinski definition) is 5. The molecule has 4 aromatic carbocycles. The van der Waals surface area contributed by atoms with E-state index in [1.807, 2.05) is 60.9 Å². The van der Waals surface area contributed by atoms with Crippen molar-refractivity contribution in [2.75, 3.05) is 14.2 Å². The maximum atomic E-state index is 11.9. The number of hydrogen-bond acceptors (Lipinski definition) is 8. The third kappa shape index (κ3) is 10.3. The molecule has 2 amide bonds. The first-order valence-corrected chi connectivity index (χ1v) is 21.8. The van der Waals surface area contributed by atoms with Gasteiger partial charge in [0.05, 0.1) is 17.9 Å². The second-order valence-corrected chi connectivity index (χ2v) is 17.5. The Hall–Kier alpha value is -5.72. The lowest BCUT2D eigenvalue weighted by molar-refractivity contribution is -0.129. The summed E-state index contributed by atoms with van der Waals surface area (Å²) in [6.07, 6.45) is 10.2. The lowest BCUT2D eigenvalue weighted by Gasteiger charge is -2.41. The number of nitrogens with two attached hydrogens (primary N) is 1. The number of halogens is 5. The summed E-state index contributed by atoms with van der Waals surface area (Å²) < 4.78 is 58.0. The molecule has 0 radical (unpaired) electrons. The molecular weight excluding hydrogens is 893 g/mol. The Bertz CT molecular complexity index is 2800. The number of rotatable bonds is 7. The molecule has 2 saturated carbocycles. The van der Waals surface area contributed by atoms with E-state index in [-0.39, 0.29) is 30.1 Å². The Labute approximate surface area is 379 Å². The monoisotopic (exact) mass is 940 g/mol. The number of fused-ring (bicyclic) bond motifs is 2. The highest BCUT2D eigenvalue weighted by molar-refractivity contribution is 7.87. The van der Waals surface area contributed by atoms with Crippen LogP contribution in [-0.2, 0) is 37.0 Å². The second kappa shape index (κ2) is 20.4. The van der Waals surface area contributed by atoms with E-state index in [4.69, 9.17) is 29.0 Å². The lowest BCUT2D eigenvalue weighted by Crippen LogP contribution is -2.48. The zero-order chi connectivity index (χ0) is 45.6. The summed E-state index contributed by atoms with van der Waals surface area (Å²) in [7, 11) is -1.12. The summed E-state index contributed by atoms with van der Waals surface area (Å²) in [5, 5.41) is 15.6. The van der Waals surface area contributed by atoms with Crippen LogP contribution in [0.25, 0.3) is 33.2 Å². The predicted molar refractivity (Wildman–Crippen MR) is 244 cm³/mol. The molecule has 0 bridgehead atoms. The van der Waals surface area contributed by atoms with Crippen LogP contribution in [0, 0.1) is 0 Å². The molecule has 3 heterocycles. The number of carbonyl (C=O) groups excluding carboxylic acids is 2. The van der Waals surface area contributed by atoms with Gasteiger partial charge in [0.2, 0.25) is 5.91 Å². The van der Waals surface area contributed by atoms with Crippen molar-refractivity contribution >= 4 is 66.9 Å². The van der Waals surface area contributed by atoms with Gasteiger partial charge in [0.15, 0.2) is 5.82 Å². The van der Waals surface area contributed by atoms with Gasteiger partial charge in [-0.05, 0) is 110 Å². The van der Waals surface area contributed by atoms with E-state index >= 15 is 0 Å². The van der Waals surface area contributed by atoms with Gasteiger partial charge in [-0.15, -0.1) is 10.2 Å². The van der Waals surface area contributed by atoms with Gasteiger partial charge in [0, 0.05) is 69.5 Å². The van der Waals surface area contributed by atoms with Crippen molar-refractivity contribution in [1.29, 1.82) is 0 Å². The minimum Gasteiger partial charge on any atom is -0.361 e. The lowest BCUT2D eigenvalue weighted by atomic mass is 9.64. The van der Waals surface area contributed by atoms with Crippen molar-refractivity contribution in [2.45, 2.75) is 62.3 Å². The molecule has 340 valence electrons. The number of alkyl halides is 3. The fourth-order valence-corrected chi connectivity index (χ4v) is 8.13. The maximum Gasteiger partial charge on any atom is 0.523 e. The molecule has 64 heavy (non-hydrogen) atoms. The van der Waals surface area contributed by atoms with Crippen LogP contribution in [0.3, 0.4) is 0 Å². The average Bonchev–Trinajstić information content (AvgIpc) is 4.01. The number of benzene rings is 4. The van der Waals surface area contributed by atoms with E-state index < -0.39 is 15.6 Å². The number of nitrogens with one attached hydrogen (secondary N) is 4. The van der Waals surface area contributed by atoms with Crippen LogP contribution in [-0.4, -0.2) is 64.6 Å². The molecule has 3 aromatic heterocycles. The molecule has 2 aliphatic rings. The summed E-state index contributed by atoms with van der Waals surface area (Å²) in [5.41, 5.74) is 2.59. The van der Waals surface area contributed by atoms with Crippen LogP contribution < -0.4 is 16.6 Å². The zero-order valence-corrected chi connectivity index (χ0v) is 36.7. The van der Waals surface area contributed by atoms with E-state index in [0.29, 0.717) is 17.7 Å². The number of nitrogen functional groups attached to an aromatic ring is 1. The van der Waals surface area contributed by atoms with Gasteiger partial charge >= 0.3 is 15.6 Å². The molecular formula is C45H49Cl2F3N8O5S. The number of nitrogens with zero attached hydrogens (tertiary/aromatic N) is 3. The topological polar surface area (TPSA) is 190 Å². The Morgan fingerprint density at radius 2 is 1.33 bits per heavy atom. The largest absolute Gasteiger partial charge is 0.523 e. The SMILES string of the molecule is C.CNC(=O)C1(c2ccc(Cl)cc2)CCC1.COS(=O)(=O)C(F)(F)F.Cn1c(-c2ccc3[nH]ccc3c2)nnc1C1(c2ccc(Cl)cc2)CCC1.NNC(=O)c1ccc2[nH]ccc2c1. The van der Waals surface area contributed by atoms with Crippen molar-refractivity contribution < 1.29 is 35.4 Å². The summed E-state index contributed by atoms with van der Waals surface area (Å²) in [6.45, 7) is 0. The van der Waals surface area contributed by atoms with Crippen LogP contribution in [0.15, 0.2) is 109 Å². The average molecular weight is 942 g/mol. The molecule has 9 rings (SSSR count). The molecule has 0 spiro atoms. The first kappa shape index (κ1) is 49.3. The first-order chi connectivity index (χ1) is 30.0. The van der Waals surface area contributed by atoms with E-state index in [0.717, 1.165) is 76.3 Å². The smallest absolute Gasteiger partial charge is 0.361 e. The van der Waals surface area contributed by atoms with Gasteiger partial charge < -0.3 is 19.9 Å². The molecule has 0 unspecified atom stereocenters. The number of aromatic amines is 2. The van der Waals surface area contributed by atoms with Crippen LogP contribution in [0.5, 0.6) is 0 Å². The molecule has 19 heteroatoms. The Morgan fingerprint density at radius 1 is 0.797 bits per heavy atom. The van der Waals surface area contributed by atoms with E-state index in [2.05, 4.69) is 83.1 Å². The number of amides is 2. The first-order valence-electron chi connectivity index (χ1n) is 19.7. The summed E-state index contributed by atoms with van der Waals surface area (Å²) in [6, 6.07) is 31.5. The second-order valence-electron chi connectivity index (χ2n) is 15.0. The minimum absolute atomic E-state index is 0. The van der Waals surface area contributed by atoms with Gasteiger partial charge in [-0.3, -0.25) is 19.2 Å². The highest BCUT2D eigenvalue weighted by atomic mass is 35.5. The van der Waals surface area contributed by atoms with Crippen molar-refractivity contribution in [3.05, 3.63) is 142 Å². The maximum absolute atomic E-state index is 11.9. The van der Waals surface area contributed by atoms with Crippen molar-refractivity contribution in [3.63, 3.8) is 0 Å². The fraction of sp³-hybridized carbons (Fsp3) is 0.289. The third-order valence-corrected chi connectivity index (χ3v) is 12.9. The van der Waals surface area contributed by atoms with Gasteiger partial charge in [-0.2, -0.15) is 21.6 Å². The third-order valence-electron chi connectivity index (χ3n) is 11.4. The van der Waals surface area contributed by atoms with E-state index in [1.54, 1.807) is 19.2 Å². The molecule has 13 nitrogen and oxygen atoms in total. The molecule has 6 N–H and O–H groups in total. The van der Waals surface area contributed by atoms with Gasteiger partial charge in [0.1, 0.15) is 5.82 Å². The van der Waals surface area contributed by atoms with Gasteiger partial charge in [-0.1, -0.05) is 67.7 Å². The van der Waals surface area contributed by atoms with Crippen LogP contribution in [0.1, 0.15) is 73.3 Å². The van der Waals surface area contributed by atoms with Crippen molar-refractivity contribution in [1.82, 2.24) is 35.5 Å². The van der Waals surface area contributed by atoms with Crippen LogP contribution >= 0.6 is 23.2 Å². The number of H-pyrrole nitrogens is 2. The zero-order valence-electron chi connectivity index (χ0n) is 34.4. The van der Waals surface area contributed by atoms with Crippen molar-refractivity contribution in [3.8, 4) is 11.4 Å². The highest BCUT2D eigenvalue weighted by Crippen LogP contribution is 2.49. The molecule has 7 aromatic rings. The Balaban J connectivity index is 0.000000174. The quantitative estimate of drug-likeness (QED) is 0.0343. The predicted octanol–water partition coefficient (Wildman–Crippen LogP) is 9.48. The number of likely N-dealkylation sites (N-methyl/N-ethyl adjacent to an activating group) is 1. The molecule has 2 aliphatic carbocycles. The molecule has 2 fully saturated rings. The van der Waals surface area contributed by atoms with E-state index in [1.165, 1.54) is 17.4 Å². The summed E-state index contributed by atoms with van der Waals surface area (Å²) >= 11 is 11.9. The number of hydrazine groups is 1. The molecule has 0 saturated heterocycles. The van der Waals surface area contributed by atoms with Crippen molar-refractivity contribution in [2.24, 2.45) is 12.9 Å².